The Balaban J connectivity index is 2.83. The molecule has 0 heterocycles. The van der Waals surface area contributed by atoms with Gasteiger partial charge in [0.1, 0.15) is 0 Å². The summed E-state index contributed by atoms with van der Waals surface area (Å²) in [6, 6.07) is 3.59. The predicted molar refractivity (Wildman–Crippen MR) is 70.3 cm³/mol. The van der Waals surface area contributed by atoms with Crippen molar-refractivity contribution >= 4 is 0 Å². The van der Waals surface area contributed by atoms with Gasteiger partial charge >= 0.3 is 0 Å². The molecule has 0 saturated carbocycles. The smallest absolute Gasteiger partial charge is 0.163 e. The van der Waals surface area contributed by atoms with Crippen LogP contribution in [0.15, 0.2) is 18.2 Å². The Hall–Kier alpha value is -1.00. The highest BCUT2D eigenvalue weighted by atomic mass is 19.2. The van der Waals surface area contributed by atoms with Gasteiger partial charge in [-0.05, 0) is 33.4 Å². The van der Waals surface area contributed by atoms with E-state index in [2.05, 4.69) is 25.7 Å². The summed E-state index contributed by atoms with van der Waals surface area (Å²) in [7, 11) is 1.95. The van der Waals surface area contributed by atoms with E-state index in [1.807, 2.05) is 7.05 Å². The lowest BCUT2D eigenvalue weighted by atomic mass is 9.98. The summed E-state index contributed by atoms with van der Waals surface area (Å²) < 4.78 is 26.7. The van der Waals surface area contributed by atoms with Crippen LogP contribution in [0.4, 0.5) is 8.78 Å². The van der Waals surface area contributed by atoms with Crippen molar-refractivity contribution in [2.75, 3.05) is 13.6 Å². The fourth-order valence-electron chi connectivity index (χ4n) is 1.72. The second-order valence-corrected chi connectivity index (χ2v) is 5.30. The number of hydrogen-bond donors (Lipinski definition) is 1. The maximum atomic E-state index is 13.6. The van der Waals surface area contributed by atoms with Gasteiger partial charge in [0.05, 0.1) is 0 Å². The lowest BCUT2D eigenvalue weighted by Crippen LogP contribution is -2.44. The highest BCUT2D eigenvalue weighted by Crippen LogP contribution is 2.22. The van der Waals surface area contributed by atoms with Crippen LogP contribution >= 0.6 is 0 Å². The minimum atomic E-state index is -0.847. The van der Waals surface area contributed by atoms with E-state index in [4.69, 9.17) is 5.73 Å². The summed E-state index contributed by atoms with van der Waals surface area (Å²) in [6.07, 6.45) is 0.960. The highest BCUT2D eigenvalue weighted by Gasteiger charge is 2.24. The maximum absolute atomic E-state index is 13.6. The first kappa shape index (κ1) is 15.1. The third-order valence-corrected chi connectivity index (χ3v) is 3.75. The number of halogens is 2. The van der Waals surface area contributed by atoms with Gasteiger partial charge in [0.25, 0.3) is 0 Å². The summed E-state index contributed by atoms with van der Waals surface area (Å²) in [5.74, 6) is -1.69. The molecule has 1 rings (SSSR count). The van der Waals surface area contributed by atoms with E-state index in [1.54, 1.807) is 0 Å². The topological polar surface area (TPSA) is 29.3 Å². The molecule has 1 aromatic rings. The Labute approximate surface area is 108 Å². The molecular weight excluding hydrogens is 234 g/mol. The summed E-state index contributed by atoms with van der Waals surface area (Å²) in [4.78, 5) is 2.07. The summed E-state index contributed by atoms with van der Waals surface area (Å²) in [5.41, 5.74) is 6.19. The van der Waals surface area contributed by atoms with Crippen LogP contribution in [0.2, 0.25) is 0 Å². The van der Waals surface area contributed by atoms with Crippen LogP contribution in [0.5, 0.6) is 0 Å². The fraction of sp³-hybridized carbons (Fsp3) is 0.571. The van der Waals surface area contributed by atoms with Gasteiger partial charge in [0, 0.05) is 23.7 Å². The third kappa shape index (κ3) is 3.27. The van der Waals surface area contributed by atoms with Gasteiger partial charge in [-0.2, -0.15) is 0 Å². The van der Waals surface area contributed by atoms with Gasteiger partial charge in [-0.3, -0.25) is 4.90 Å². The van der Waals surface area contributed by atoms with E-state index in [0.717, 1.165) is 12.5 Å². The lowest BCUT2D eigenvalue weighted by Gasteiger charge is -2.36. The molecule has 0 aliphatic carbocycles. The number of rotatable bonds is 5. The average molecular weight is 256 g/mol. The quantitative estimate of drug-likeness (QED) is 0.877. The van der Waals surface area contributed by atoms with E-state index in [0.29, 0.717) is 6.54 Å². The molecule has 2 N–H and O–H groups in total. The van der Waals surface area contributed by atoms with Crippen LogP contribution in [0.1, 0.15) is 38.8 Å². The Bertz CT molecular complexity index is 405. The number of likely N-dealkylation sites (N-methyl/N-ethyl adjacent to an activating group) is 1. The van der Waals surface area contributed by atoms with Crippen molar-refractivity contribution in [3.63, 3.8) is 0 Å². The molecule has 102 valence electrons. The van der Waals surface area contributed by atoms with Crippen LogP contribution in [0.25, 0.3) is 0 Å². The minimum absolute atomic E-state index is 0.0125. The summed E-state index contributed by atoms with van der Waals surface area (Å²) >= 11 is 0. The Morgan fingerprint density at radius 2 is 1.94 bits per heavy atom. The highest BCUT2D eigenvalue weighted by molar-refractivity contribution is 5.22. The third-order valence-electron chi connectivity index (χ3n) is 3.75. The molecule has 0 aliphatic rings. The largest absolute Gasteiger partial charge is 0.323 e. The first-order chi connectivity index (χ1) is 8.29. The summed E-state index contributed by atoms with van der Waals surface area (Å²) in [6.45, 7) is 6.77. The second-order valence-electron chi connectivity index (χ2n) is 5.30. The number of nitrogens with zero attached hydrogens (tertiary/aromatic N) is 1. The monoisotopic (exact) mass is 256 g/mol. The van der Waals surface area contributed by atoms with Crippen LogP contribution in [-0.2, 0) is 0 Å². The molecular formula is C14H22F2N2. The van der Waals surface area contributed by atoms with Crippen molar-refractivity contribution in [3.8, 4) is 0 Å². The molecule has 4 heteroatoms. The normalized spacial score (nSPS) is 14.0. The zero-order chi connectivity index (χ0) is 13.9. The molecule has 0 bridgehead atoms. The van der Waals surface area contributed by atoms with Crippen LogP contribution < -0.4 is 5.73 Å². The molecule has 1 aromatic carbocycles. The van der Waals surface area contributed by atoms with Crippen LogP contribution in [0, 0.1) is 11.6 Å². The number of benzene rings is 1. The van der Waals surface area contributed by atoms with E-state index in [1.165, 1.54) is 12.1 Å². The van der Waals surface area contributed by atoms with Crippen molar-refractivity contribution < 1.29 is 8.78 Å². The van der Waals surface area contributed by atoms with Crippen LogP contribution in [0.3, 0.4) is 0 Å². The number of nitrogens with two attached hydrogens (primary N) is 1. The average Bonchev–Trinajstić information content (AvgIpc) is 2.32. The molecule has 2 nitrogen and oxygen atoms in total. The molecule has 0 aliphatic heterocycles. The molecule has 0 saturated heterocycles. The van der Waals surface area contributed by atoms with Crippen molar-refractivity contribution in [2.45, 2.75) is 38.8 Å². The molecule has 1 unspecified atom stereocenters. The zero-order valence-electron chi connectivity index (χ0n) is 11.5. The van der Waals surface area contributed by atoms with Crippen LogP contribution in [-0.4, -0.2) is 24.0 Å². The van der Waals surface area contributed by atoms with Crippen molar-refractivity contribution in [3.05, 3.63) is 35.4 Å². The van der Waals surface area contributed by atoms with E-state index in [9.17, 15) is 8.78 Å². The molecule has 18 heavy (non-hydrogen) atoms. The SMILES string of the molecule is CCC(C)(C)N(C)CC(N)c1cccc(F)c1F. The molecule has 0 spiro atoms. The van der Waals surface area contributed by atoms with Gasteiger partial charge in [-0.25, -0.2) is 8.78 Å². The first-order valence-electron chi connectivity index (χ1n) is 6.20. The lowest BCUT2D eigenvalue weighted by molar-refractivity contribution is 0.141. The molecule has 0 radical (unpaired) electrons. The second kappa shape index (κ2) is 5.76. The minimum Gasteiger partial charge on any atom is -0.323 e. The molecule has 0 amide bonds. The van der Waals surface area contributed by atoms with Crippen molar-refractivity contribution in [2.24, 2.45) is 5.73 Å². The standard InChI is InChI=1S/C14H22F2N2/c1-5-14(2,3)18(4)9-12(17)10-7-6-8-11(15)13(10)16/h6-8,12H,5,9,17H2,1-4H3. The summed E-state index contributed by atoms with van der Waals surface area (Å²) in [5, 5.41) is 0. The zero-order valence-corrected chi connectivity index (χ0v) is 11.5. The number of hydrogen-bond acceptors (Lipinski definition) is 2. The van der Waals surface area contributed by atoms with Crippen molar-refractivity contribution in [1.29, 1.82) is 0 Å². The first-order valence-corrected chi connectivity index (χ1v) is 6.20. The van der Waals surface area contributed by atoms with E-state index < -0.39 is 17.7 Å². The van der Waals surface area contributed by atoms with Gasteiger partial charge in [0.2, 0.25) is 0 Å². The van der Waals surface area contributed by atoms with E-state index >= 15 is 0 Å². The van der Waals surface area contributed by atoms with Crippen molar-refractivity contribution in [1.82, 2.24) is 4.90 Å². The van der Waals surface area contributed by atoms with Gasteiger partial charge < -0.3 is 5.73 Å². The van der Waals surface area contributed by atoms with E-state index in [-0.39, 0.29) is 11.1 Å². The Morgan fingerprint density at radius 3 is 2.50 bits per heavy atom. The maximum Gasteiger partial charge on any atom is 0.163 e. The molecule has 0 aromatic heterocycles. The molecule has 1 atom stereocenters. The van der Waals surface area contributed by atoms with Gasteiger partial charge in [-0.15, -0.1) is 0 Å². The molecule has 0 fully saturated rings. The van der Waals surface area contributed by atoms with Gasteiger partial charge in [0.15, 0.2) is 11.6 Å². The Morgan fingerprint density at radius 1 is 1.33 bits per heavy atom. The Kier molecular flexibility index (Phi) is 4.82. The van der Waals surface area contributed by atoms with Gasteiger partial charge in [-0.1, -0.05) is 19.1 Å². The fourth-order valence-corrected chi connectivity index (χ4v) is 1.72. The predicted octanol–water partition coefficient (Wildman–Crippen LogP) is 3.09.